The lowest BCUT2D eigenvalue weighted by atomic mass is 10.0. The van der Waals surface area contributed by atoms with E-state index in [4.69, 9.17) is 11.6 Å². The average molecular weight is 406 g/mol. The third kappa shape index (κ3) is 5.08. The third-order valence-corrected chi connectivity index (χ3v) is 4.31. The molecule has 0 bridgehead atoms. The van der Waals surface area contributed by atoms with Gasteiger partial charge in [0.25, 0.3) is 5.91 Å². The Morgan fingerprint density at radius 2 is 1.96 bits per heavy atom. The molecular weight excluding hydrogens is 390 g/mol. The molecule has 0 aromatic heterocycles. The number of halogens is 5. The molecule has 3 N–H and O–H groups in total. The molecule has 0 radical (unpaired) electrons. The largest absolute Gasteiger partial charge is 0.412 e. The molecule has 2 rings (SSSR count). The zero-order chi connectivity index (χ0) is 20.4. The number of carbonyl (C=O) groups is 2. The summed E-state index contributed by atoms with van der Waals surface area (Å²) >= 11 is 5.72. The van der Waals surface area contributed by atoms with E-state index in [1.807, 2.05) is 0 Å². The van der Waals surface area contributed by atoms with Crippen LogP contribution < -0.4 is 16.2 Å². The van der Waals surface area contributed by atoms with Gasteiger partial charge in [0.15, 0.2) is 0 Å². The maximum atomic E-state index is 13.3. The highest BCUT2D eigenvalue weighted by Gasteiger charge is 2.33. The molecule has 0 spiro atoms. The topological polar surface area (TPSA) is 70.2 Å². The number of amides is 2. The van der Waals surface area contributed by atoms with Crippen LogP contribution in [0.1, 0.15) is 19.4 Å². The SMILES string of the molecule is C/C(C(=O)NCC1C=C(c2ccc(F)c(Cl)c2)C(=O)NN1)=C(/C)C(F)(F)F. The molecule has 1 aliphatic heterocycles. The third-order valence-electron chi connectivity index (χ3n) is 4.03. The first-order valence-corrected chi connectivity index (χ1v) is 8.14. The Hall–Kier alpha value is -2.39. The minimum Gasteiger partial charge on any atom is -0.350 e. The monoisotopic (exact) mass is 405 g/mol. The van der Waals surface area contributed by atoms with Gasteiger partial charge in [-0.3, -0.25) is 15.0 Å². The van der Waals surface area contributed by atoms with Gasteiger partial charge in [-0.2, -0.15) is 13.2 Å². The molecule has 2 amide bonds. The zero-order valence-corrected chi connectivity index (χ0v) is 15.1. The van der Waals surface area contributed by atoms with E-state index >= 15 is 0 Å². The van der Waals surface area contributed by atoms with Crippen LogP contribution in [0.25, 0.3) is 5.57 Å². The Labute approximate surface area is 157 Å². The van der Waals surface area contributed by atoms with Gasteiger partial charge in [0.05, 0.1) is 11.1 Å². The molecule has 27 heavy (non-hydrogen) atoms. The Kier molecular flexibility index (Phi) is 6.27. The van der Waals surface area contributed by atoms with E-state index in [0.29, 0.717) is 5.56 Å². The average Bonchev–Trinajstić information content (AvgIpc) is 2.61. The number of benzene rings is 1. The van der Waals surface area contributed by atoms with Crippen LogP contribution in [0.2, 0.25) is 5.02 Å². The molecule has 10 heteroatoms. The van der Waals surface area contributed by atoms with Crippen molar-refractivity contribution in [3.8, 4) is 0 Å². The second kappa shape index (κ2) is 8.10. The van der Waals surface area contributed by atoms with Crippen molar-refractivity contribution in [3.63, 3.8) is 0 Å². The normalized spacial score (nSPS) is 18.4. The second-order valence-electron chi connectivity index (χ2n) is 5.87. The highest BCUT2D eigenvalue weighted by molar-refractivity contribution is 6.31. The van der Waals surface area contributed by atoms with Crippen LogP contribution in [-0.2, 0) is 9.59 Å². The molecule has 1 atom stereocenters. The summed E-state index contributed by atoms with van der Waals surface area (Å²) in [7, 11) is 0. The predicted octanol–water partition coefficient (Wildman–Crippen LogP) is 2.88. The van der Waals surface area contributed by atoms with Crippen LogP contribution in [0.4, 0.5) is 17.6 Å². The van der Waals surface area contributed by atoms with Gasteiger partial charge >= 0.3 is 6.18 Å². The van der Waals surface area contributed by atoms with Gasteiger partial charge in [-0.05, 0) is 31.5 Å². The smallest absolute Gasteiger partial charge is 0.350 e. The van der Waals surface area contributed by atoms with Crippen molar-refractivity contribution < 1.29 is 27.2 Å². The first kappa shape index (κ1) is 20.9. The van der Waals surface area contributed by atoms with Gasteiger partial charge in [0.1, 0.15) is 5.82 Å². The number of carbonyl (C=O) groups excluding carboxylic acids is 2. The van der Waals surface area contributed by atoms with E-state index in [1.54, 1.807) is 0 Å². The Balaban J connectivity index is 2.13. The number of hydrazine groups is 1. The Morgan fingerprint density at radius 1 is 1.30 bits per heavy atom. The maximum Gasteiger partial charge on any atom is 0.412 e. The van der Waals surface area contributed by atoms with E-state index < -0.39 is 41.0 Å². The standard InChI is InChI=1S/C17H16ClF4N3O2/c1-8(9(2)17(20,21)22)15(26)23-7-11-6-12(16(27)25-24-11)10-3-4-14(19)13(18)5-10/h3-6,11,24H,7H2,1-2H3,(H,23,26)(H,25,27)/b9-8+. The van der Waals surface area contributed by atoms with Gasteiger partial charge in [0, 0.05) is 23.3 Å². The zero-order valence-electron chi connectivity index (χ0n) is 14.3. The molecule has 1 unspecified atom stereocenters. The van der Waals surface area contributed by atoms with E-state index in [0.717, 1.165) is 19.9 Å². The highest BCUT2D eigenvalue weighted by Crippen LogP contribution is 2.27. The summed E-state index contributed by atoms with van der Waals surface area (Å²) in [6.07, 6.45) is -3.12. The number of nitrogens with one attached hydrogen (secondary N) is 3. The summed E-state index contributed by atoms with van der Waals surface area (Å²) in [6.45, 7) is 1.82. The van der Waals surface area contributed by atoms with Crippen molar-refractivity contribution >= 4 is 29.0 Å². The molecule has 1 aromatic carbocycles. The second-order valence-corrected chi connectivity index (χ2v) is 6.28. The summed E-state index contributed by atoms with van der Waals surface area (Å²) in [4.78, 5) is 23.9. The Bertz CT molecular complexity index is 834. The quantitative estimate of drug-likeness (QED) is 0.533. The number of rotatable bonds is 4. The lowest BCUT2D eigenvalue weighted by Gasteiger charge is -2.24. The van der Waals surface area contributed by atoms with Crippen LogP contribution >= 0.6 is 11.6 Å². The molecular formula is C17H16ClF4N3O2. The van der Waals surface area contributed by atoms with Crippen LogP contribution in [0.15, 0.2) is 35.4 Å². The van der Waals surface area contributed by atoms with Crippen LogP contribution in [0, 0.1) is 5.82 Å². The number of hydrogen-bond donors (Lipinski definition) is 3. The van der Waals surface area contributed by atoms with Gasteiger partial charge < -0.3 is 5.32 Å². The van der Waals surface area contributed by atoms with E-state index in [9.17, 15) is 27.2 Å². The fourth-order valence-corrected chi connectivity index (χ4v) is 2.44. The van der Waals surface area contributed by atoms with Gasteiger partial charge in [-0.1, -0.05) is 23.7 Å². The van der Waals surface area contributed by atoms with Crippen LogP contribution in [-0.4, -0.2) is 30.6 Å². The highest BCUT2D eigenvalue weighted by atomic mass is 35.5. The Morgan fingerprint density at radius 3 is 2.56 bits per heavy atom. The maximum absolute atomic E-state index is 13.3. The van der Waals surface area contributed by atoms with Crippen molar-refractivity contribution in [2.24, 2.45) is 0 Å². The van der Waals surface area contributed by atoms with Crippen LogP contribution in [0.3, 0.4) is 0 Å². The van der Waals surface area contributed by atoms with Crippen molar-refractivity contribution in [2.75, 3.05) is 6.54 Å². The molecule has 146 valence electrons. The lowest BCUT2D eigenvalue weighted by molar-refractivity contribution is -0.119. The van der Waals surface area contributed by atoms with Crippen molar-refractivity contribution in [1.82, 2.24) is 16.2 Å². The predicted molar refractivity (Wildman–Crippen MR) is 91.9 cm³/mol. The first-order chi connectivity index (χ1) is 12.5. The molecule has 0 fully saturated rings. The van der Waals surface area contributed by atoms with Crippen molar-refractivity contribution in [2.45, 2.75) is 26.1 Å². The first-order valence-electron chi connectivity index (χ1n) is 7.76. The number of allylic oxidation sites excluding steroid dienone is 1. The molecule has 1 heterocycles. The molecule has 0 saturated heterocycles. The fraction of sp³-hybridized carbons (Fsp3) is 0.294. The molecule has 1 aliphatic rings. The molecule has 5 nitrogen and oxygen atoms in total. The molecule has 0 aliphatic carbocycles. The van der Waals surface area contributed by atoms with Crippen molar-refractivity contribution in [1.29, 1.82) is 0 Å². The number of alkyl halides is 3. The van der Waals surface area contributed by atoms with Crippen LogP contribution in [0.5, 0.6) is 0 Å². The molecule has 1 aromatic rings. The van der Waals surface area contributed by atoms with Gasteiger partial charge in [0.2, 0.25) is 5.91 Å². The fourth-order valence-electron chi connectivity index (χ4n) is 2.26. The van der Waals surface area contributed by atoms with Crippen molar-refractivity contribution in [3.05, 3.63) is 51.8 Å². The van der Waals surface area contributed by atoms with E-state index in [2.05, 4.69) is 16.2 Å². The van der Waals surface area contributed by atoms with E-state index in [-0.39, 0.29) is 17.1 Å². The summed E-state index contributed by atoms with van der Waals surface area (Å²) in [5, 5.41) is 2.21. The summed E-state index contributed by atoms with van der Waals surface area (Å²) in [5.74, 6) is -2.01. The van der Waals surface area contributed by atoms with Gasteiger partial charge in [-0.25, -0.2) is 9.82 Å². The summed E-state index contributed by atoms with van der Waals surface area (Å²) in [5.41, 5.74) is 4.11. The summed E-state index contributed by atoms with van der Waals surface area (Å²) < 4.78 is 51.2. The minimum absolute atomic E-state index is 0.0833. The number of hydrogen-bond acceptors (Lipinski definition) is 3. The van der Waals surface area contributed by atoms with E-state index in [1.165, 1.54) is 18.2 Å². The van der Waals surface area contributed by atoms with Gasteiger partial charge in [-0.15, -0.1) is 0 Å². The lowest BCUT2D eigenvalue weighted by Crippen LogP contribution is -2.52. The summed E-state index contributed by atoms with van der Waals surface area (Å²) in [6, 6.07) is 3.17. The minimum atomic E-state index is -4.59. The molecule has 0 saturated carbocycles.